The summed E-state index contributed by atoms with van der Waals surface area (Å²) in [6.45, 7) is 6.98. The third-order valence-electron chi connectivity index (χ3n) is 1.90. The van der Waals surface area contributed by atoms with Crippen LogP contribution in [0.25, 0.3) is 0 Å². The molecule has 0 saturated heterocycles. The largest absolute Gasteiger partial charge is 0.380 e. The van der Waals surface area contributed by atoms with Crippen LogP contribution in [0.2, 0.25) is 0 Å². The summed E-state index contributed by atoms with van der Waals surface area (Å²) in [6, 6.07) is 0.354. The number of methoxy groups -OCH3 is 1. The summed E-state index contributed by atoms with van der Waals surface area (Å²) in [5.41, 5.74) is 0. The van der Waals surface area contributed by atoms with Gasteiger partial charge in [-0.05, 0) is 20.4 Å². The molecule has 0 amide bonds. The van der Waals surface area contributed by atoms with E-state index in [0.29, 0.717) is 6.04 Å². The second-order valence-corrected chi connectivity index (χ2v) is 2.74. The second kappa shape index (κ2) is 7.15. The first-order valence-electron chi connectivity index (χ1n) is 4.42. The van der Waals surface area contributed by atoms with Crippen LogP contribution in [0.1, 0.15) is 27.2 Å². The van der Waals surface area contributed by atoms with E-state index < -0.39 is 0 Å². The van der Waals surface area contributed by atoms with Gasteiger partial charge in [0.25, 0.3) is 0 Å². The average molecular weight is 169 g/mol. The lowest BCUT2D eigenvalue weighted by molar-refractivity contribution is 0.0852. The predicted molar refractivity (Wildman–Crippen MR) is 52.0 cm³/mol. The fourth-order valence-electron chi connectivity index (χ4n) is 1.04. The maximum Gasteiger partial charge on any atom is 0.0705 e. The summed E-state index contributed by atoms with van der Waals surface area (Å²) in [5.74, 6) is 5.95. The topological polar surface area (TPSA) is 21.3 Å². The molecule has 0 aliphatic carbocycles. The van der Waals surface area contributed by atoms with Crippen molar-refractivity contribution in [3.63, 3.8) is 0 Å². The van der Waals surface area contributed by atoms with E-state index in [2.05, 4.69) is 31.0 Å². The number of hydrogen-bond acceptors (Lipinski definition) is 2. The van der Waals surface area contributed by atoms with Crippen molar-refractivity contribution in [2.45, 2.75) is 39.3 Å². The minimum atomic E-state index is 0.228. The molecule has 1 N–H and O–H groups in total. The van der Waals surface area contributed by atoms with Crippen LogP contribution in [0.3, 0.4) is 0 Å². The van der Waals surface area contributed by atoms with Crippen LogP contribution in [0.15, 0.2) is 0 Å². The van der Waals surface area contributed by atoms with Gasteiger partial charge < -0.3 is 10.1 Å². The predicted octanol–water partition coefficient (Wildman–Crippen LogP) is 1.41. The summed E-state index contributed by atoms with van der Waals surface area (Å²) in [6.07, 6.45) is 1.09. The first kappa shape index (κ1) is 11.5. The summed E-state index contributed by atoms with van der Waals surface area (Å²) in [4.78, 5) is 0. The van der Waals surface area contributed by atoms with Crippen molar-refractivity contribution in [2.75, 3.05) is 13.7 Å². The maximum absolute atomic E-state index is 5.23. The van der Waals surface area contributed by atoms with Gasteiger partial charge in [-0.1, -0.05) is 6.92 Å². The smallest absolute Gasteiger partial charge is 0.0705 e. The van der Waals surface area contributed by atoms with Gasteiger partial charge >= 0.3 is 0 Å². The summed E-state index contributed by atoms with van der Waals surface area (Å²) >= 11 is 0. The van der Waals surface area contributed by atoms with Crippen LogP contribution in [0.5, 0.6) is 0 Å². The van der Waals surface area contributed by atoms with Crippen molar-refractivity contribution in [3.8, 4) is 11.8 Å². The molecule has 12 heavy (non-hydrogen) atoms. The normalized spacial score (nSPS) is 14.7. The third-order valence-corrected chi connectivity index (χ3v) is 1.90. The molecule has 0 aliphatic rings. The molecule has 2 heteroatoms. The third kappa shape index (κ3) is 4.38. The zero-order valence-corrected chi connectivity index (χ0v) is 8.48. The van der Waals surface area contributed by atoms with E-state index in [-0.39, 0.29) is 6.10 Å². The summed E-state index contributed by atoms with van der Waals surface area (Å²) in [5, 5.41) is 3.34. The Morgan fingerprint density at radius 2 is 2.17 bits per heavy atom. The second-order valence-electron chi connectivity index (χ2n) is 2.74. The fourth-order valence-corrected chi connectivity index (χ4v) is 1.04. The van der Waals surface area contributed by atoms with Crippen molar-refractivity contribution in [1.29, 1.82) is 0 Å². The number of ether oxygens (including phenoxy) is 1. The first-order valence-corrected chi connectivity index (χ1v) is 4.42. The standard InChI is InChI=1S/C10H19NO/c1-5-7-8-10(11-6-2)9(3)12-4/h9-11H,6,8H2,1-4H3. The molecule has 0 rings (SSSR count). The molecule has 0 saturated carbocycles. The Balaban J connectivity index is 3.90. The van der Waals surface area contributed by atoms with E-state index in [1.807, 2.05) is 6.92 Å². The molecule has 2 unspecified atom stereocenters. The zero-order valence-electron chi connectivity index (χ0n) is 8.48. The monoisotopic (exact) mass is 169 g/mol. The van der Waals surface area contributed by atoms with E-state index in [4.69, 9.17) is 4.74 Å². The van der Waals surface area contributed by atoms with Crippen LogP contribution in [-0.4, -0.2) is 25.8 Å². The van der Waals surface area contributed by atoms with Crippen LogP contribution < -0.4 is 5.32 Å². The van der Waals surface area contributed by atoms with E-state index in [0.717, 1.165) is 13.0 Å². The zero-order chi connectivity index (χ0) is 9.40. The first-order chi connectivity index (χ1) is 5.76. The van der Waals surface area contributed by atoms with E-state index in [9.17, 15) is 0 Å². The maximum atomic E-state index is 5.23. The summed E-state index contributed by atoms with van der Waals surface area (Å²) in [7, 11) is 1.73. The number of likely N-dealkylation sites (N-methyl/N-ethyl adjacent to an activating group) is 1. The van der Waals surface area contributed by atoms with Crippen LogP contribution >= 0.6 is 0 Å². The van der Waals surface area contributed by atoms with Gasteiger partial charge in [-0.3, -0.25) is 0 Å². The molecule has 0 spiro atoms. The molecular formula is C10H19NO. The number of nitrogens with one attached hydrogen (secondary N) is 1. The Hall–Kier alpha value is -0.520. The van der Waals surface area contributed by atoms with Crippen LogP contribution in [0, 0.1) is 11.8 Å². The van der Waals surface area contributed by atoms with Gasteiger partial charge in [0.1, 0.15) is 0 Å². The SMILES string of the molecule is CC#CCC(NCC)C(C)OC. The molecule has 70 valence electrons. The summed E-state index contributed by atoms with van der Waals surface area (Å²) < 4.78 is 5.23. The lowest BCUT2D eigenvalue weighted by Crippen LogP contribution is -2.38. The van der Waals surface area contributed by atoms with Crippen LogP contribution in [0.4, 0.5) is 0 Å². The average Bonchev–Trinajstić information content (AvgIpc) is 2.11. The van der Waals surface area contributed by atoms with Crippen molar-refractivity contribution >= 4 is 0 Å². The molecule has 0 fully saturated rings. The van der Waals surface area contributed by atoms with Gasteiger partial charge in [0.2, 0.25) is 0 Å². The Kier molecular flexibility index (Phi) is 6.84. The molecule has 2 atom stereocenters. The highest BCUT2D eigenvalue weighted by Crippen LogP contribution is 2.01. The highest BCUT2D eigenvalue weighted by Gasteiger charge is 2.13. The van der Waals surface area contributed by atoms with Gasteiger partial charge in [0, 0.05) is 19.6 Å². The molecule has 0 radical (unpaired) electrons. The molecule has 2 nitrogen and oxygen atoms in total. The fraction of sp³-hybridized carbons (Fsp3) is 0.800. The van der Waals surface area contributed by atoms with Crippen molar-refractivity contribution in [2.24, 2.45) is 0 Å². The lowest BCUT2D eigenvalue weighted by atomic mass is 10.1. The van der Waals surface area contributed by atoms with E-state index in [1.165, 1.54) is 0 Å². The van der Waals surface area contributed by atoms with Crippen molar-refractivity contribution in [1.82, 2.24) is 5.32 Å². The molecule has 0 aliphatic heterocycles. The van der Waals surface area contributed by atoms with Gasteiger partial charge in [-0.2, -0.15) is 0 Å². The van der Waals surface area contributed by atoms with Gasteiger partial charge in [0.05, 0.1) is 6.10 Å². The van der Waals surface area contributed by atoms with Crippen molar-refractivity contribution < 1.29 is 4.74 Å². The minimum Gasteiger partial charge on any atom is -0.380 e. The molecule has 0 aromatic rings. The molecular weight excluding hydrogens is 150 g/mol. The van der Waals surface area contributed by atoms with Crippen molar-refractivity contribution in [3.05, 3.63) is 0 Å². The van der Waals surface area contributed by atoms with E-state index in [1.54, 1.807) is 7.11 Å². The van der Waals surface area contributed by atoms with Gasteiger partial charge in [-0.15, -0.1) is 11.8 Å². The quantitative estimate of drug-likeness (QED) is 0.628. The van der Waals surface area contributed by atoms with Gasteiger partial charge in [-0.25, -0.2) is 0 Å². The Bertz CT molecular complexity index is 157. The van der Waals surface area contributed by atoms with E-state index >= 15 is 0 Å². The number of hydrogen-bond donors (Lipinski definition) is 1. The lowest BCUT2D eigenvalue weighted by Gasteiger charge is -2.21. The molecule has 0 aromatic carbocycles. The highest BCUT2D eigenvalue weighted by molar-refractivity contribution is 4.99. The number of rotatable bonds is 5. The molecule has 0 heterocycles. The highest BCUT2D eigenvalue weighted by atomic mass is 16.5. The minimum absolute atomic E-state index is 0.228. The Morgan fingerprint density at radius 1 is 1.50 bits per heavy atom. The Morgan fingerprint density at radius 3 is 2.58 bits per heavy atom. The molecule has 0 aromatic heterocycles. The van der Waals surface area contributed by atoms with Gasteiger partial charge in [0.15, 0.2) is 0 Å². The van der Waals surface area contributed by atoms with Crippen LogP contribution in [-0.2, 0) is 4.74 Å². The molecule has 0 bridgehead atoms. The Labute approximate surface area is 75.7 Å².